The number of hydrogen-bond acceptors (Lipinski definition) is 4. The first-order valence-corrected chi connectivity index (χ1v) is 12.9. The fraction of sp³-hybridized carbons (Fsp3) is 0.148. The third-order valence-electron chi connectivity index (χ3n) is 6.92. The monoisotopic (exact) mass is 453 g/mol. The summed E-state index contributed by atoms with van der Waals surface area (Å²) in [6, 6.07) is 28.4. The minimum absolute atomic E-state index is 0.0524. The quantitative estimate of drug-likeness (QED) is 0.353. The normalized spacial score (nSPS) is 25.0. The largest absolute Gasteiger partial charge is 0.236 e. The molecule has 7 rings (SSSR count). The van der Waals surface area contributed by atoms with E-state index in [0.717, 1.165) is 5.01 Å². The molecule has 1 aromatic heterocycles. The number of rotatable bonds is 1. The van der Waals surface area contributed by atoms with Crippen LogP contribution in [0.15, 0.2) is 88.7 Å². The van der Waals surface area contributed by atoms with Gasteiger partial charge in [0.2, 0.25) is 0 Å². The molecule has 3 heterocycles. The number of thioether (sulfide) groups is 2. The van der Waals surface area contributed by atoms with Gasteiger partial charge >= 0.3 is 0 Å². The summed E-state index contributed by atoms with van der Waals surface area (Å²) < 4.78 is 1.22. The van der Waals surface area contributed by atoms with Crippen molar-refractivity contribution in [2.45, 2.75) is 33.1 Å². The van der Waals surface area contributed by atoms with Crippen molar-refractivity contribution in [2.75, 3.05) is 0 Å². The highest BCUT2D eigenvalue weighted by Crippen LogP contribution is 2.68. The number of aromatic nitrogens is 1. The first-order chi connectivity index (χ1) is 15.1. The summed E-state index contributed by atoms with van der Waals surface area (Å²) in [5, 5.41) is 2.30. The van der Waals surface area contributed by atoms with Crippen LogP contribution in [-0.4, -0.2) is 14.5 Å². The maximum absolute atomic E-state index is 5.31. The molecular formula is C27H19NS3. The lowest BCUT2D eigenvalue weighted by molar-refractivity contribution is 0.686. The van der Waals surface area contributed by atoms with Gasteiger partial charge in [-0.3, -0.25) is 0 Å². The van der Waals surface area contributed by atoms with Crippen LogP contribution in [0.5, 0.6) is 0 Å². The Hall–Kier alpha value is -2.27. The van der Waals surface area contributed by atoms with Crippen LogP contribution in [0, 0.1) is 0 Å². The van der Waals surface area contributed by atoms with Crippen molar-refractivity contribution in [3.05, 3.63) is 99.9 Å². The van der Waals surface area contributed by atoms with Crippen LogP contribution in [0.1, 0.15) is 25.0 Å². The first kappa shape index (κ1) is 18.3. The molecule has 0 saturated carbocycles. The molecule has 1 nitrogen and oxygen atoms in total. The molecule has 1 aliphatic carbocycles. The second kappa shape index (κ2) is 6.16. The lowest BCUT2D eigenvalue weighted by Crippen LogP contribution is -2.53. The van der Waals surface area contributed by atoms with E-state index >= 15 is 0 Å². The Balaban J connectivity index is 1.69. The molecule has 0 spiro atoms. The fourth-order valence-corrected chi connectivity index (χ4v) is 9.82. The third kappa shape index (κ3) is 2.23. The molecule has 4 heteroatoms. The topological polar surface area (TPSA) is 12.9 Å². The van der Waals surface area contributed by atoms with Gasteiger partial charge in [-0.05, 0) is 42.7 Å². The van der Waals surface area contributed by atoms with Gasteiger partial charge in [0.1, 0.15) is 5.01 Å². The number of hydrogen-bond donors (Lipinski definition) is 0. The summed E-state index contributed by atoms with van der Waals surface area (Å²) >= 11 is 5.92. The predicted octanol–water partition coefficient (Wildman–Crippen LogP) is 5.95. The van der Waals surface area contributed by atoms with Crippen molar-refractivity contribution in [3.63, 3.8) is 0 Å². The van der Waals surface area contributed by atoms with E-state index < -0.39 is 0 Å². The highest BCUT2D eigenvalue weighted by molar-refractivity contribution is 8.06. The Morgan fingerprint density at radius 1 is 0.645 bits per heavy atom. The van der Waals surface area contributed by atoms with Crippen molar-refractivity contribution >= 4 is 46.0 Å². The SMILES string of the molecule is CC12Sc3ccccc3C1=c1nc(-c3ccccc3)sc1=C1c3ccccc3SC12C. The van der Waals surface area contributed by atoms with E-state index in [-0.39, 0.29) is 9.49 Å². The van der Waals surface area contributed by atoms with Crippen molar-refractivity contribution in [1.29, 1.82) is 0 Å². The number of fused-ring (bicyclic) bond motifs is 8. The van der Waals surface area contributed by atoms with E-state index in [2.05, 4.69) is 92.7 Å². The Kier molecular flexibility index (Phi) is 3.64. The van der Waals surface area contributed by atoms with Crippen LogP contribution in [0.3, 0.4) is 0 Å². The molecule has 0 fully saturated rings. The average molecular weight is 454 g/mol. The summed E-state index contributed by atoms with van der Waals surface area (Å²) in [6.45, 7) is 4.90. The molecule has 3 aliphatic rings. The zero-order chi connectivity index (χ0) is 20.8. The highest BCUT2D eigenvalue weighted by Gasteiger charge is 2.60. The van der Waals surface area contributed by atoms with Crippen molar-refractivity contribution < 1.29 is 0 Å². The molecular weight excluding hydrogens is 435 g/mol. The van der Waals surface area contributed by atoms with E-state index in [9.17, 15) is 0 Å². The lowest BCUT2D eigenvalue weighted by atomic mass is 9.75. The molecule has 0 N–H and O–H groups in total. The Morgan fingerprint density at radius 2 is 1.19 bits per heavy atom. The van der Waals surface area contributed by atoms with Gasteiger partial charge in [-0.2, -0.15) is 0 Å². The Labute approximate surface area is 194 Å². The summed E-state index contributed by atoms with van der Waals surface area (Å²) in [6.07, 6.45) is 0. The Morgan fingerprint density at radius 3 is 1.87 bits per heavy atom. The highest BCUT2D eigenvalue weighted by atomic mass is 32.2. The smallest absolute Gasteiger partial charge is 0.124 e. The van der Waals surface area contributed by atoms with Crippen LogP contribution in [-0.2, 0) is 0 Å². The van der Waals surface area contributed by atoms with Crippen molar-refractivity contribution in [2.24, 2.45) is 0 Å². The second-order valence-electron chi connectivity index (χ2n) is 8.58. The van der Waals surface area contributed by atoms with Crippen LogP contribution in [0.4, 0.5) is 0 Å². The standard InChI is InChI=1S/C27H19NS3/c1-26-21(17-12-6-8-14-19(17)30-26)23-24(29-25(28-23)16-10-4-3-5-11-16)22-18-13-7-9-15-20(18)31-27(22,26)2/h3-15H,1-2H3. The maximum Gasteiger partial charge on any atom is 0.124 e. The van der Waals surface area contributed by atoms with E-state index in [0.29, 0.717) is 0 Å². The van der Waals surface area contributed by atoms with Crippen molar-refractivity contribution in [3.8, 4) is 10.6 Å². The van der Waals surface area contributed by atoms with Crippen molar-refractivity contribution in [1.82, 2.24) is 4.98 Å². The van der Waals surface area contributed by atoms with Crippen LogP contribution in [0.2, 0.25) is 0 Å². The van der Waals surface area contributed by atoms with Gasteiger partial charge in [0.05, 0.1) is 19.4 Å². The molecule has 0 saturated heterocycles. The van der Waals surface area contributed by atoms with Gasteiger partial charge in [-0.25, -0.2) is 4.98 Å². The van der Waals surface area contributed by atoms with Crippen LogP contribution >= 0.6 is 34.9 Å². The first-order valence-electron chi connectivity index (χ1n) is 10.5. The predicted molar refractivity (Wildman–Crippen MR) is 133 cm³/mol. The van der Waals surface area contributed by atoms with Gasteiger partial charge in [0, 0.05) is 20.9 Å². The number of benzene rings is 3. The molecule has 31 heavy (non-hydrogen) atoms. The lowest BCUT2D eigenvalue weighted by Gasteiger charge is -2.43. The minimum Gasteiger partial charge on any atom is -0.236 e. The van der Waals surface area contributed by atoms with E-state index in [4.69, 9.17) is 4.98 Å². The van der Waals surface area contributed by atoms with Gasteiger partial charge in [-0.1, -0.05) is 66.7 Å². The average Bonchev–Trinajstić information content (AvgIpc) is 3.43. The van der Waals surface area contributed by atoms with E-state index in [1.807, 2.05) is 34.9 Å². The molecule has 2 aliphatic heterocycles. The van der Waals surface area contributed by atoms with Gasteiger partial charge in [0.25, 0.3) is 0 Å². The molecule has 0 radical (unpaired) electrons. The summed E-state index contributed by atoms with van der Waals surface area (Å²) in [5.41, 5.74) is 6.82. The maximum atomic E-state index is 5.31. The zero-order valence-electron chi connectivity index (χ0n) is 17.2. The molecule has 2 atom stereocenters. The third-order valence-corrected chi connectivity index (χ3v) is 11.4. The fourth-order valence-electron chi connectivity index (χ4n) is 5.31. The second-order valence-corrected chi connectivity index (χ2v) is 12.5. The van der Waals surface area contributed by atoms with Crippen LogP contribution < -0.4 is 9.88 Å². The molecule has 150 valence electrons. The minimum atomic E-state index is -0.0786. The van der Waals surface area contributed by atoms with Gasteiger partial charge < -0.3 is 0 Å². The molecule has 0 amide bonds. The molecule has 3 aromatic carbocycles. The van der Waals surface area contributed by atoms with E-state index in [1.54, 1.807) is 0 Å². The van der Waals surface area contributed by atoms with Crippen LogP contribution in [0.25, 0.3) is 21.7 Å². The Bertz CT molecular complexity index is 1420. The molecule has 0 bridgehead atoms. The summed E-state index contributed by atoms with van der Waals surface area (Å²) in [5.74, 6) is 0. The number of thiazole rings is 1. The summed E-state index contributed by atoms with van der Waals surface area (Å²) in [7, 11) is 0. The number of nitrogens with zero attached hydrogens (tertiary/aromatic N) is 1. The molecule has 4 aromatic rings. The van der Waals surface area contributed by atoms with E-state index in [1.165, 1.54) is 47.5 Å². The zero-order valence-corrected chi connectivity index (χ0v) is 19.6. The van der Waals surface area contributed by atoms with Gasteiger partial charge in [-0.15, -0.1) is 34.9 Å². The summed E-state index contributed by atoms with van der Waals surface area (Å²) in [4.78, 5) is 8.07. The molecule has 2 unspecified atom stereocenters. The van der Waals surface area contributed by atoms with Gasteiger partial charge in [0.15, 0.2) is 0 Å².